The third-order valence-electron chi connectivity index (χ3n) is 4.83. The van der Waals surface area contributed by atoms with E-state index in [4.69, 9.17) is 15.2 Å². The maximum atomic E-state index is 12.9. The first-order valence-corrected chi connectivity index (χ1v) is 8.96. The Balaban J connectivity index is 1.80. The molecule has 1 aliphatic rings. The van der Waals surface area contributed by atoms with Crippen LogP contribution in [-0.2, 0) is 20.9 Å². The summed E-state index contributed by atoms with van der Waals surface area (Å²) in [6.45, 7) is 0.378. The van der Waals surface area contributed by atoms with Crippen LogP contribution < -0.4 is 5.73 Å². The van der Waals surface area contributed by atoms with E-state index in [0.717, 1.165) is 11.1 Å². The molecule has 1 amide bonds. The minimum absolute atomic E-state index is 0.163. The zero-order valence-electron chi connectivity index (χ0n) is 15.3. The summed E-state index contributed by atoms with van der Waals surface area (Å²) in [5.41, 5.74) is 8.19. The highest BCUT2D eigenvalue weighted by atomic mass is 16.6. The number of rotatable bonds is 4. The number of esters is 1. The van der Waals surface area contributed by atoms with Crippen molar-refractivity contribution in [3.05, 3.63) is 71.8 Å². The van der Waals surface area contributed by atoms with Crippen LogP contribution in [0.1, 0.15) is 23.6 Å². The van der Waals surface area contributed by atoms with E-state index in [1.165, 1.54) is 7.11 Å². The van der Waals surface area contributed by atoms with E-state index < -0.39 is 18.1 Å². The Morgan fingerprint density at radius 1 is 1.07 bits per heavy atom. The van der Waals surface area contributed by atoms with E-state index in [0.29, 0.717) is 6.42 Å². The van der Waals surface area contributed by atoms with Crippen LogP contribution >= 0.6 is 0 Å². The zero-order chi connectivity index (χ0) is 19.2. The molecule has 1 saturated heterocycles. The fourth-order valence-electron chi connectivity index (χ4n) is 3.52. The summed E-state index contributed by atoms with van der Waals surface area (Å²) in [6, 6.07) is 18.3. The van der Waals surface area contributed by atoms with Gasteiger partial charge in [0.15, 0.2) is 0 Å². The summed E-state index contributed by atoms with van der Waals surface area (Å²) in [7, 11) is 1.34. The third-order valence-corrected chi connectivity index (χ3v) is 4.83. The molecule has 1 aliphatic heterocycles. The van der Waals surface area contributed by atoms with Crippen LogP contribution in [0.15, 0.2) is 60.7 Å². The quantitative estimate of drug-likeness (QED) is 0.839. The number of methoxy groups -OCH3 is 1. The standard InChI is InChI=1S/C21H24N2O4/c1-26-20(24)17-12-18(22)19(16-10-6-3-7-11-16)23(13-17)21(25)27-14-15-8-4-2-5-9-15/h2-11,17-19H,12-14,22H2,1H3/t17-,18+,19-/m0/s1. The van der Waals surface area contributed by atoms with Gasteiger partial charge in [0.2, 0.25) is 0 Å². The monoisotopic (exact) mass is 368 g/mol. The van der Waals surface area contributed by atoms with E-state index in [1.807, 2.05) is 60.7 Å². The third kappa shape index (κ3) is 4.46. The molecule has 0 spiro atoms. The topological polar surface area (TPSA) is 81.9 Å². The highest BCUT2D eigenvalue weighted by Crippen LogP contribution is 2.33. The van der Waals surface area contributed by atoms with Gasteiger partial charge in [0, 0.05) is 12.6 Å². The number of carbonyl (C=O) groups is 2. The van der Waals surface area contributed by atoms with Crippen molar-refractivity contribution in [2.75, 3.05) is 13.7 Å². The first-order chi connectivity index (χ1) is 13.1. The number of carbonyl (C=O) groups excluding carboxylic acids is 2. The molecule has 0 bridgehead atoms. The minimum atomic E-state index is -0.489. The van der Waals surface area contributed by atoms with Gasteiger partial charge in [0.25, 0.3) is 0 Å². The maximum Gasteiger partial charge on any atom is 0.410 e. The second kappa shape index (κ2) is 8.68. The summed E-state index contributed by atoms with van der Waals surface area (Å²) < 4.78 is 10.4. The molecule has 0 aromatic heterocycles. The van der Waals surface area contributed by atoms with Crippen molar-refractivity contribution in [3.8, 4) is 0 Å². The second-order valence-electron chi connectivity index (χ2n) is 6.67. The lowest BCUT2D eigenvalue weighted by Crippen LogP contribution is -2.53. The van der Waals surface area contributed by atoms with E-state index in [-0.39, 0.29) is 25.2 Å². The molecule has 27 heavy (non-hydrogen) atoms. The average molecular weight is 368 g/mol. The maximum absolute atomic E-state index is 12.9. The number of piperidine rings is 1. The number of ether oxygens (including phenoxy) is 2. The highest BCUT2D eigenvalue weighted by molar-refractivity contribution is 5.75. The van der Waals surface area contributed by atoms with E-state index in [1.54, 1.807) is 4.90 Å². The lowest BCUT2D eigenvalue weighted by atomic mass is 9.85. The molecule has 1 heterocycles. The average Bonchev–Trinajstić information content (AvgIpc) is 2.72. The number of likely N-dealkylation sites (tertiary alicyclic amines) is 1. The van der Waals surface area contributed by atoms with Crippen molar-refractivity contribution in [1.29, 1.82) is 0 Å². The first kappa shape index (κ1) is 18.9. The van der Waals surface area contributed by atoms with Crippen LogP contribution in [-0.4, -0.2) is 36.7 Å². The Kier molecular flexibility index (Phi) is 6.08. The minimum Gasteiger partial charge on any atom is -0.469 e. The molecule has 0 saturated carbocycles. The fraction of sp³-hybridized carbons (Fsp3) is 0.333. The number of hydrogen-bond donors (Lipinski definition) is 1. The van der Waals surface area contributed by atoms with E-state index in [2.05, 4.69) is 0 Å². The molecular formula is C21H24N2O4. The van der Waals surface area contributed by atoms with Crippen molar-refractivity contribution in [2.24, 2.45) is 11.7 Å². The van der Waals surface area contributed by atoms with Gasteiger partial charge in [-0.05, 0) is 17.5 Å². The molecule has 6 heteroatoms. The normalized spacial score (nSPS) is 22.1. The van der Waals surface area contributed by atoms with Crippen molar-refractivity contribution in [3.63, 3.8) is 0 Å². The predicted molar refractivity (Wildman–Crippen MR) is 101 cm³/mol. The van der Waals surface area contributed by atoms with Gasteiger partial charge in [0.1, 0.15) is 6.61 Å². The van der Waals surface area contributed by atoms with Gasteiger partial charge in [-0.15, -0.1) is 0 Å². The number of nitrogens with zero attached hydrogens (tertiary/aromatic N) is 1. The molecule has 0 radical (unpaired) electrons. The Hall–Kier alpha value is -2.86. The second-order valence-corrected chi connectivity index (χ2v) is 6.67. The van der Waals surface area contributed by atoms with E-state index in [9.17, 15) is 9.59 Å². The Bertz CT molecular complexity index is 766. The van der Waals surface area contributed by atoms with Gasteiger partial charge >= 0.3 is 12.1 Å². The van der Waals surface area contributed by atoms with Crippen LogP contribution in [0, 0.1) is 5.92 Å². The molecule has 3 atom stereocenters. The van der Waals surface area contributed by atoms with Crippen LogP contribution in [0.5, 0.6) is 0 Å². The van der Waals surface area contributed by atoms with Gasteiger partial charge in [-0.1, -0.05) is 60.7 Å². The van der Waals surface area contributed by atoms with Gasteiger partial charge in [-0.25, -0.2) is 4.79 Å². The summed E-state index contributed by atoms with van der Waals surface area (Å²) in [5, 5.41) is 0. The number of nitrogens with two attached hydrogens (primary N) is 1. The van der Waals surface area contributed by atoms with Crippen LogP contribution in [0.2, 0.25) is 0 Å². The highest BCUT2D eigenvalue weighted by Gasteiger charge is 2.41. The molecule has 6 nitrogen and oxygen atoms in total. The summed E-state index contributed by atoms with van der Waals surface area (Å²) >= 11 is 0. The van der Waals surface area contributed by atoms with Gasteiger partial charge < -0.3 is 15.2 Å². The van der Waals surface area contributed by atoms with Crippen LogP contribution in [0.3, 0.4) is 0 Å². The smallest absolute Gasteiger partial charge is 0.410 e. The van der Waals surface area contributed by atoms with Gasteiger partial charge in [-0.3, -0.25) is 9.69 Å². The zero-order valence-corrected chi connectivity index (χ0v) is 15.3. The predicted octanol–water partition coefficient (Wildman–Crippen LogP) is 2.89. The molecule has 2 aromatic carbocycles. The lowest BCUT2D eigenvalue weighted by molar-refractivity contribution is -0.148. The van der Waals surface area contributed by atoms with Crippen molar-refractivity contribution < 1.29 is 19.1 Å². The van der Waals surface area contributed by atoms with Crippen molar-refractivity contribution in [1.82, 2.24) is 4.90 Å². The Morgan fingerprint density at radius 2 is 1.70 bits per heavy atom. The van der Waals surface area contributed by atoms with Crippen molar-refractivity contribution in [2.45, 2.75) is 25.1 Å². The number of benzene rings is 2. The van der Waals surface area contributed by atoms with Crippen LogP contribution in [0.4, 0.5) is 4.79 Å². The Labute approximate surface area is 158 Å². The number of amides is 1. The molecule has 2 aromatic rings. The molecule has 0 unspecified atom stereocenters. The van der Waals surface area contributed by atoms with E-state index >= 15 is 0 Å². The lowest BCUT2D eigenvalue weighted by Gasteiger charge is -2.42. The molecule has 142 valence electrons. The Morgan fingerprint density at radius 3 is 2.33 bits per heavy atom. The molecule has 3 rings (SSSR count). The van der Waals surface area contributed by atoms with Crippen molar-refractivity contribution >= 4 is 12.1 Å². The first-order valence-electron chi connectivity index (χ1n) is 8.96. The largest absolute Gasteiger partial charge is 0.469 e. The summed E-state index contributed by atoms with van der Waals surface area (Å²) in [5.74, 6) is -0.827. The van der Waals surface area contributed by atoms with Gasteiger partial charge in [-0.2, -0.15) is 0 Å². The summed E-state index contributed by atoms with van der Waals surface area (Å²) in [6.07, 6.45) is -0.0360. The fourth-order valence-corrected chi connectivity index (χ4v) is 3.52. The number of hydrogen-bond acceptors (Lipinski definition) is 5. The van der Waals surface area contributed by atoms with Gasteiger partial charge in [0.05, 0.1) is 19.1 Å². The summed E-state index contributed by atoms with van der Waals surface area (Å²) in [4.78, 5) is 26.4. The molecule has 0 aliphatic carbocycles. The SMILES string of the molecule is COC(=O)[C@H]1C[C@@H](N)[C@H](c2ccccc2)N(C(=O)OCc2ccccc2)C1. The molecule has 2 N–H and O–H groups in total. The van der Waals surface area contributed by atoms with Crippen LogP contribution in [0.25, 0.3) is 0 Å². The molecular weight excluding hydrogens is 344 g/mol. The molecule has 1 fully saturated rings.